The molecular formula is C38H65N3O24. The van der Waals surface area contributed by atoms with E-state index in [-0.39, 0.29) is 77.1 Å². The molecule has 0 bridgehead atoms. The van der Waals surface area contributed by atoms with E-state index in [0.717, 1.165) is 0 Å². The standard InChI is InChI=1S/C18H25NO11.C8H14O3.C6H13NO5.C4H6O4.C2H7NO/c1-11(20)6-15(23)27-5-4-19-18(26)29-10-14(30-17(25)8-13(3)22)9-28-16(24)7-12(2)21;1-6(9)5-7(10)11-8(2,3)4;8-2-1-7-6(11)12-4-5(10)3-9;5-1-3-2-7-4(6)8-3;3-1-2-4/h14H,4-10H2,1-3H3,(H,19,26);5H2,1-4H3;5,8-10H,1-4H2,(H,7,11);3,5H,1-2H2;4H,1-3H2. The zero-order valence-electron chi connectivity index (χ0n) is 37.6. The minimum absolute atomic E-state index is 0.0972. The van der Waals surface area contributed by atoms with Crippen molar-refractivity contribution in [2.24, 2.45) is 5.73 Å². The van der Waals surface area contributed by atoms with E-state index in [1.165, 1.54) is 27.7 Å². The van der Waals surface area contributed by atoms with E-state index >= 15 is 0 Å². The van der Waals surface area contributed by atoms with Crippen LogP contribution in [0.4, 0.5) is 14.4 Å². The number of alkyl carbamates (subject to hydrolysis) is 2. The smallest absolute Gasteiger partial charge is 0.463 e. The number of ether oxygens (including phenoxy) is 8. The van der Waals surface area contributed by atoms with Crippen LogP contribution < -0.4 is 16.4 Å². The van der Waals surface area contributed by atoms with Gasteiger partial charge in [0.15, 0.2) is 12.2 Å². The number of carbonyl (C=O) groups is 11. The highest BCUT2D eigenvalue weighted by atomic mass is 16.8. The van der Waals surface area contributed by atoms with E-state index in [2.05, 4.69) is 24.8 Å². The first-order chi connectivity index (χ1) is 30.2. The summed E-state index contributed by atoms with van der Waals surface area (Å²) in [6.45, 7) is 8.68. The fourth-order valence-corrected chi connectivity index (χ4v) is 3.25. The van der Waals surface area contributed by atoms with Gasteiger partial charge in [0.25, 0.3) is 0 Å². The van der Waals surface area contributed by atoms with Gasteiger partial charge in [0.2, 0.25) is 0 Å². The average Bonchev–Trinajstić information content (AvgIpc) is 3.62. The molecule has 0 aliphatic carbocycles. The summed E-state index contributed by atoms with van der Waals surface area (Å²) >= 11 is 0. The molecule has 3 atom stereocenters. The molecule has 0 spiro atoms. The Bertz CT molecular complexity index is 1460. The third-order valence-corrected chi connectivity index (χ3v) is 5.74. The van der Waals surface area contributed by atoms with Gasteiger partial charge in [-0.3, -0.25) is 38.4 Å². The van der Waals surface area contributed by atoms with Gasteiger partial charge in [-0.2, -0.15) is 0 Å². The highest BCUT2D eigenvalue weighted by Crippen LogP contribution is 2.08. The van der Waals surface area contributed by atoms with Crippen molar-refractivity contribution in [1.82, 2.24) is 10.6 Å². The number of carbonyl (C=O) groups excluding carboxylic acids is 11. The van der Waals surface area contributed by atoms with Crippen molar-refractivity contribution in [1.29, 1.82) is 0 Å². The van der Waals surface area contributed by atoms with Crippen molar-refractivity contribution >= 4 is 65.4 Å². The van der Waals surface area contributed by atoms with Crippen LogP contribution in [0.25, 0.3) is 0 Å². The topological polar surface area (TPSA) is 413 Å². The molecule has 27 heteroatoms. The van der Waals surface area contributed by atoms with Gasteiger partial charge in [-0.05, 0) is 48.5 Å². The molecule has 1 aliphatic heterocycles. The summed E-state index contributed by atoms with van der Waals surface area (Å²) < 4.78 is 37.3. The second kappa shape index (κ2) is 40.9. The summed E-state index contributed by atoms with van der Waals surface area (Å²) in [5, 5.41) is 45.9. The number of rotatable bonds is 23. The quantitative estimate of drug-likeness (QED) is 0.0226. The number of hydrogen-bond acceptors (Lipinski definition) is 25. The van der Waals surface area contributed by atoms with E-state index < -0.39 is 110 Å². The Hall–Kier alpha value is -5.87. The monoisotopic (exact) mass is 947 g/mol. The molecule has 27 nitrogen and oxygen atoms in total. The van der Waals surface area contributed by atoms with Gasteiger partial charge in [-0.25, -0.2) is 14.4 Å². The second-order valence-corrected chi connectivity index (χ2v) is 13.7. The zero-order valence-corrected chi connectivity index (χ0v) is 37.6. The maximum atomic E-state index is 11.6. The Labute approximate surface area is 374 Å². The van der Waals surface area contributed by atoms with Crippen molar-refractivity contribution in [3.63, 3.8) is 0 Å². The number of amides is 2. The maximum Gasteiger partial charge on any atom is 0.508 e. The summed E-state index contributed by atoms with van der Waals surface area (Å²) in [6.07, 6.45) is -6.55. The lowest BCUT2D eigenvalue weighted by molar-refractivity contribution is -0.162. The second-order valence-electron chi connectivity index (χ2n) is 13.7. The minimum Gasteiger partial charge on any atom is -0.463 e. The molecule has 1 rings (SSSR count). The lowest BCUT2D eigenvalue weighted by atomic mass is 10.2. The van der Waals surface area contributed by atoms with E-state index in [0.29, 0.717) is 6.54 Å². The number of Topliss-reactive ketones (excluding diaryl/α,β-unsaturated/α-hetero) is 4. The summed E-state index contributed by atoms with van der Waals surface area (Å²) in [7, 11) is 0. The van der Waals surface area contributed by atoms with Gasteiger partial charge < -0.3 is 79.8 Å². The number of esters is 4. The molecule has 1 aliphatic rings. The molecule has 9 N–H and O–H groups in total. The molecule has 0 aromatic carbocycles. The van der Waals surface area contributed by atoms with Crippen molar-refractivity contribution in [2.75, 3.05) is 79.1 Å². The first-order valence-electron chi connectivity index (χ1n) is 19.4. The first kappa shape index (κ1) is 65.7. The average molecular weight is 948 g/mol. The van der Waals surface area contributed by atoms with E-state index in [9.17, 15) is 52.7 Å². The fraction of sp³-hybridized carbons (Fsp3) is 0.711. The Balaban J connectivity index is -0.000000430. The van der Waals surface area contributed by atoms with Gasteiger partial charge >= 0.3 is 42.2 Å². The van der Waals surface area contributed by atoms with Crippen LogP contribution in [0.2, 0.25) is 0 Å². The van der Waals surface area contributed by atoms with Crippen molar-refractivity contribution < 1.29 is 116 Å². The number of nitrogens with one attached hydrogen (secondary N) is 2. The Morgan fingerprint density at radius 3 is 1.52 bits per heavy atom. The van der Waals surface area contributed by atoms with E-state index in [4.69, 9.17) is 55.0 Å². The fourth-order valence-electron chi connectivity index (χ4n) is 3.25. The van der Waals surface area contributed by atoms with Gasteiger partial charge in [0, 0.05) is 13.1 Å². The molecule has 65 heavy (non-hydrogen) atoms. The van der Waals surface area contributed by atoms with Crippen LogP contribution in [-0.2, 0) is 76.3 Å². The predicted molar refractivity (Wildman–Crippen MR) is 217 cm³/mol. The van der Waals surface area contributed by atoms with Crippen LogP contribution in [0.5, 0.6) is 0 Å². The lowest BCUT2D eigenvalue weighted by Crippen LogP contribution is -2.35. The molecule has 376 valence electrons. The predicted octanol–water partition coefficient (Wildman–Crippen LogP) is -2.54. The Kier molecular flexibility index (Phi) is 41.3. The van der Waals surface area contributed by atoms with Crippen molar-refractivity contribution in [3.8, 4) is 0 Å². The molecule has 0 aromatic heterocycles. The molecule has 3 unspecified atom stereocenters. The zero-order chi connectivity index (χ0) is 51.0. The van der Waals surface area contributed by atoms with Gasteiger partial charge in [0.1, 0.15) is 93.6 Å². The normalized spacial score (nSPS) is 12.9. The van der Waals surface area contributed by atoms with Crippen molar-refractivity contribution in [3.05, 3.63) is 0 Å². The van der Waals surface area contributed by atoms with Crippen LogP contribution in [0.3, 0.4) is 0 Å². The highest BCUT2D eigenvalue weighted by molar-refractivity contribution is 5.95. The highest BCUT2D eigenvalue weighted by Gasteiger charge is 2.24. The van der Waals surface area contributed by atoms with Crippen LogP contribution in [0.1, 0.15) is 74.1 Å². The van der Waals surface area contributed by atoms with Gasteiger partial charge in [-0.1, -0.05) is 0 Å². The summed E-state index contributed by atoms with van der Waals surface area (Å²) in [4.78, 5) is 120. The van der Waals surface area contributed by atoms with Crippen molar-refractivity contribution in [2.45, 2.75) is 98.1 Å². The molecule has 2 amide bonds. The Morgan fingerprint density at radius 2 is 1.12 bits per heavy atom. The van der Waals surface area contributed by atoms with E-state index in [1.807, 2.05) is 0 Å². The molecule has 0 radical (unpaired) electrons. The van der Waals surface area contributed by atoms with Crippen LogP contribution in [0.15, 0.2) is 0 Å². The van der Waals surface area contributed by atoms with Crippen LogP contribution in [0, 0.1) is 0 Å². The molecular weight excluding hydrogens is 882 g/mol. The third-order valence-electron chi connectivity index (χ3n) is 5.74. The molecule has 0 aromatic rings. The van der Waals surface area contributed by atoms with Gasteiger partial charge in [0.05, 0.1) is 33.0 Å². The minimum atomic E-state index is -1.20. The largest absolute Gasteiger partial charge is 0.508 e. The molecule has 1 fully saturated rings. The summed E-state index contributed by atoms with van der Waals surface area (Å²) in [6, 6.07) is 0. The maximum absolute atomic E-state index is 11.6. The Morgan fingerprint density at radius 1 is 0.677 bits per heavy atom. The summed E-state index contributed by atoms with van der Waals surface area (Å²) in [5.41, 5.74) is 4.28. The molecule has 0 saturated carbocycles. The molecule has 1 saturated heterocycles. The van der Waals surface area contributed by atoms with Crippen LogP contribution >= 0.6 is 0 Å². The number of ketones is 4. The van der Waals surface area contributed by atoms with Crippen LogP contribution in [-0.4, -0.2) is 194 Å². The number of aliphatic hydroxyl groups is 5. The number of nitrogens with two attached hydrogens (primary N) is 1. The molecule has 1 heterocycles. The number of hydrogen-bond donors (Lipinski definition) is 8. The lowest BCUT2D eigenvalue weighted by Gasteiger charge is -2.18. The first-order valence-corrected chi connectivity index (χ1v) is 19.4. The van der Waals surface area contributed by atoms with E-state index in [1.54, 1.807) is 20.8 Å². The SMILES string of the molecule is CC(=O)CC(=O)OC(C)(C)C.CC(=O)CC(=O)OCCNC(=O)OCC(COC(=O)CC(C)=O)OC(=O)CC(C)=O.NCCO.O=C(NCCO)OCC(O)CO.O=C1OCC(CO)O1. The van der Waals surface area contributed by atoms with Gasteiger partial charge in [-0.15, -0.1) is 0 Å². The number of cyclic esters (lactones) is 2. The third kappa shape index (κ3) is 52.4. The number of aliphatic hydroxyl groups excluding tert-OH is 5. The summed E-state index contributed by atoms with van der Waals surface area (Å²) in [5.74, 6) is -4.35.